The minimum atomic E-state index is -0.270. The molecule has 1 heteroatoms. The number of aliphatic hydroxyl groups is 1. The van der Waals surface area contributed by atoms with Crippen LogP contribution in [0, 0.1) is 11.8 Å². The van der Waals surface area contributed by atoms with Crippen LogP contribution in [0.3, 0.4) is 0 Å². The van der Waals surface area contributed by atoms with Gasteiger partial charge in [0.15, 0.2) is 0 Å². The van der Waals surface area contributed by atoms with E-state index in [1.165, 1.54) is 38.5 Å². The fraction of sp³-hybridized carbons (Fsp3) is 1.00. The topological polar surface area (TPSA) is 20.2 Å². The number of hydrogen-bond donors (Lipinski definition) is 1. The summed E-state index contributed by atoms with van der Waals surface area (Å²) in [5, 5.41) is 10.5. The molecule has 0 aromatic heterocycles. The van der Waals surface area contributed by atoms with E-state index in [2.05, 4.69) is 6.92 Å². The van der Waals surface area contributed by atoms with Crippen molar-refractivity contribution in [2.75, 3.05) is 0 Å². The van der Waals surface area contributed by atoms with Gasteiger partial charge in [0, 0.05) is 0 Å². The van der Waals surface area contributed by atoms with Crippen molar-refractivity contribution >= 4 is 0 Å². The Hall–Kier alpha value is -0.0400. The Morgan fingerprint density at radius 1 is 1.23 bits per heavy atom. The maximum absolute atomic E-state index is 10.5. The van der Waals surface area contributed by atoms with Gasteiger partial charge in [0.2, 0.25) is 0 Å². The Morgan fingerprint density at radius 3 is 2.62 bits per heavy atom. The zero-order valence-electron chi connectivity index (χ0n) is 8.76. The van der Waals surface area contributed by atoms with Crippen LogP contribution in [0.4, 0.5) is 0 Å². The molecule has 0 aliphatic heterocycles. The van der Waals surface area contributed by atoms with Crippen LogP contribution in [-0.4, -0.2) is 10.7 Å². The third-order valence-electron chi connectivity index (χ3n) is 4.00. The van der Waals surface area contributed by atoms with Crippen LogP contribution in [-0.2, 0) is 0 Å². The fourth-order valence-electron chi connectivity index (χ4n) is 2.97. The van der Waals surface area contributed by atoms with Gasteiger partial charge < -0.3 is 5.11 Å². The molecule has 0 radical (unpaired) electrons. The summed E-state index contributed by atoms with van der Waals surface area (Å²) in [5.41, 5.74) is -0.270. The van der Waals surface area contributed by atoms with Crippen LogP contribution in [0.5, 0.6) is 0 Å². The van der Waals surface area contributed by atoms with Crippen molar-refractivity contribution in [2.45, 2.75) is 63.9 Å². The molecule has 76 valence electrons. The second-order valence-electron chi connectivity index (χ2n) is 5.10. The SMILES string of the molecule is CCC1CCCCC1(O)CC1CC1. The smallest absolute Gasteiger partial charge is 0.0678 e. The summed E-state index contributed by atoms with van der Waals surface area (Å²) in [6.07, 6.45) is 9.94. The minimum Gasteiger partial charge on any atom is -0.390 e. The highest BCUT2D eigenvalue weighted by molar-refractivity contribution is 4.93. The molecule has 2 saturated carbocycles. The zero-order chi connectivity index (χ0) is 9.31. The lowest BCUT2D eigenvalue weighted by Gasteiger charge is -2.40. The first kappa shape index (κ1) is 9.51. The van der Waals surface area contributed by atoms with Crippen molar-refractivity contribution in [1.82, 2.24) is 0 Å². The van der Waals surface area contributed by atoms with Crippen molar-refractivity contribution < 1.29 is 5.11 Å². The summed E-state index contributed by atoms with van der Waals surface area (Å²) in [6.45, 7) is 2.23. The van der Waals surface area contributed by atoms with Crippen molar-refractivity contribution in [3.63, 3.8) is 0 Å². The van der Waals surface area contributed by atoms with Gasteiger partial charge in [0.1, 0.15) is 0 Å². The largest absolute Gasteiger partial charge is 0.390 e. The summed E-state index contributed by atoms with van der Waals surface area (Å²) in [5.74, 6) is 1.47. The first-order valence-corrected chi connectivity index (χ1v) is 5.97. The molecule has 2 unspecified atom stereocenters. The van der Waals surface area contributed by atoms with Gasteiger partial charge in [0.05, 0.1) is 5.60 Å². The summed E-state index contributed by atoms with van der Waals surface area (Å²) in [7, 11) is 0. The first-order valence-electron chi connectivity index (χ1n) is 5.97. The summed E-state index contributed by atoms with van der Waals surface area (Å²) >= 11 is 0. The zero-order valence-corrected chi connectivity index (χ0v) is 8.76. The first-order chi connectivity index (χ1) is 6.24. The lowest BCUT2D eigenvalue weighted by Crippen LogP contribution is -2.40. The fourth-order valence-corrected chi connectivity index (χ4v) is 2.97. The Balaban J connectivity index is 1.96. The van der Waals surface area contributed by atoms with Crippen molar-refractivity contribution in [2.24, 2.45) is 11.8 Å². The van der Waals surface area contributed by atoms with Crippen LogP contribution < -0.4 is 0 Å². The molecule has 0 aromatic rings. The van der Waals surface area contributed by atoms with Gasteiger partial charge >= 0.3 is 0 Å². The second kappa shape index (κ2) is 3.61. The Labute approximate surface area is 81.5 Å². The van der Waals surface area contributed by atoms with E-state index in [9.17, 15) is 5.11 Å². The summed E-state index contributed by atoms with van der Waals surface area (Å²) in [6, 6.07) is 0. The number of hydrogen-bond acceptors (Lipinski definition) is 1. The van der Waals surface area contributed by atoms with E-state index in [0.29, 0.717) is 5.92 Å². The average molecular weight is 182 g/mol. The molecule has 0 spiro atoms. The van der Waals surface area contributed by atoms with Gasteiger partial charge in [-0.15, -0.1) is 0 Å². The highest BCUT2D eigenvalue weighted by atomic mass is 16.3. The molecule has 1 N–H and O–H groups in total. The molecular weight excluding hydrogens is 160 g/mol. The standard InChI is InChI=1S/C12H22O/c1-2-11-5-3-4-8-12(11,13)9-10-6-7-10/h10-11,13H,2-9H2,1H3. The van der Waals surface area contributed by atoms with Gasteiger partial charge in [-0.05, 0) is 31.1 Å². The van der Waals surface area contributed by atoms with Crippen LogP contribution >= 0.6 is 0 Å². The summed E-state index contributed by atoms with van der Waals surface area (Å²) in [4.78, 5) is 0. The van der Waals surface area contributed by atoms with Crippen LogP contribution in [0.25, 0.3) is 0 Å². The maximum Gasteiger partial charge on any atom is 0.0678 e. The Bertz CT molecular complexity index is 174. The molecule has 2 rings (SSSR count). The van der Waals surface area contributed by atoms with E-state index in [1.54, 1.807) is 0 Å². The predicted octanol–water partition coefficient (Wildman–Crippen LogP) is 3.12. The Morgan fingerprint density at radius 2 is 2.00 bits per heavy atom. The van der Waals surface area contributed by atoms with Crippen LogP contribution in [0.1, 0.15) is 58.3 Å². The molecule has 0 amide bonds. The number of rotatable bonds is 3. The molecule has 2 fully saturated rings. The van der Waals surface area contributed by atoms with Crippen molar-refractivity contribution in [3.8, 4) is 0 Å². The lowest BCUT2D eigenvalue weighted by atomic mass is 9.71. The molecule has 0 heterocycles. The second-order valence-corrected chi connectivity index (χ2v) is 5.10. The van der Waals surface area contributed by atoms with Gasteiger partial charge in [0.25, 0.3) is 0 Å². The molecule has 2 atom stereocenters. The monoisotopic (exact) mass is 182 g/mol. The molecular formula is C12H22O. The highest BCUT2D eigenvalue weighted by Crippen LogP contribution is 2.45. The summed E-state index contributed by atoms with van der Waals surface area (Å²) < 4.78 is 0. The van der Waals surface area contributed by atoms with Gasteiger partial charge in [-0.25, -0.2) is 0 Å². The highest BCUT2D eigenvalue weighted by Gasteiger charge is 2.41. The third kappa shape index (κ3) is 2.07. The lowest BCUT2D eigenvalue weighted by molar-refractivity contribution is -0.0602. The molecule has 0 saturated heterocycles. The van der Waals surface area contributed by atoms with E-state index >= 15 is 0 Å². The normalized spacial score (nSPS) is 40.6. The molecule has 2 aliphatic rings. The van der Waals surface area contributed by atoms with E-state index in [1.807, 2.05) is 0 Å². The van der Waals surface area contributed by atoms with Crippen molar-refractivity contribution in [3.05, 3.63) is 0 Å². The molecule has 2 aliphatic carbocycles. The Kier molecular flexibility index (Phi) is 2.64. The van der Waals surface area contributed by atoms with Crippen LogP contribution in [0.15, 0.2) is 0 Å². The van der Waals surface area contributed by atoms with E-state index < -0.39 is 0 Å². The quantitative estimate of drug-likeness (QED) is 0.711. The van der Waals surface area contributed by atoms with Crippen LogP contribution in [0.2, 0.25) is 0 Å². The van der Waals surface area contributed by atoms with E-state index in [4.69, 9.17) is 0 Å². The average Bonchev–Trinajstić information content (AvgIpc) is 2.88. The predicted molar refractivity (Wildman–Crippen MR) is 54.5 cm³/mol. The van der Waals surface area contributed by atoms with Gasteiger partial charge in [-0.1, -0.05) is 39.0 Å². The van der Waals surface area contributed by atoms with E-state index in [-0.39, 0.29) is 5.60 Å². The van der Waals surface area contributed by atoms with E-state index in [0.717, 1.165) is 18.8 Å². The molecule has 13 heavy (non-hydrogen) atoms. The van der Waals surface area contributed by atoms with Crippen molar-refractivity contribution in [1.29, 1.82) is 0 Å². The third-order valence-corrected chi connectivity index (χ3v) is 4.00. The molecule has 1 nitrogen and oxygen atoms in total. The van der Waals surface area contributed by atoms with Gasteiger partial charge in [-0.3, -0.25) is 0 Å². The molecule has 0 bridgehead atoms. The maximum atomic E-state index is 10.5. The van der Waals surface area contributed by atoms with Gasteiger partial charge in [-0.2, -0.15) is 0 Å². The minimum absolute atomic E-state index is 0.270. The molecule has 0 aromatic carbocycles.